The van der Waals surface area contributed by atoms with Crippen molar-refractivity contribution in [1.82, 2.24) is 15.2 Å². The lowest BCUT2D eigenvalue weighted by Gasteiger charge is -2.30. The van der Waals surface area contributed by atoms with Gasteiger partial charge in [-0.1, -0.05) is 37.6 Å². The Kier molecular flexibility index (Phi) is 11.2. The van der Waals surface area contributed by atoms with Crippen LogP contribution < -0.4 is 5.32 Å². The number of carboxylic acid groups (broad SMARTS) is 1. The number of ether oxygens (including phenoxy) is 2. The molecule has 8 nitrogen and oxygen atoms in total. The van der Waals surface area contributed by atoms with Crippen molar-refractivity contribution in [2.24, 2.45) is 0 Å². The van der Waals surface area contributed by atoms with Gasteiger partial charge in [-0.15, -0.1) is 0 Å². The molecule has 0 bridgehead atoms. The van der Waals surface area contributed by atoms with E-state index in [-0.39, 0.29) is 24.8 Å². The zero-order chi connectivity index (χ0) is 25.8. The maximum Gasteiger partial charge on any atom is 0.336 e. The Balaban J connectivity index is 1.49. The fourth-order valence-electron chi connectivity index (χ4n) is 4.55. The van der Waals surface area contributed by atoms with Gasteiger partial charge in [0, 0.05) is 32.0 Å². The number of aromatic carboxylic acids is 1. The summed E-state index contributed by atoms with van der Waals surface area (Å²) in [6, 6.07) is 9.23. The van der Waals surface area contributed by atoms with Crippen molar-refractivity contribution in [3.63, 3.8) is 0 Å². The van der Waals surface area contributed by atoms with Gasteiger partial charge in [0.2, 0.25) is 0 Å². The number of carbonyl (C=O) groups excluding carboxylic acids is 1. The van der Waals surface area contributed by atoms with E-state index in [4.69, 9.17) is 9.47 Å². The number of rotatable bonds is 13. The molecule has 3 rings (SSSR count). The lowest BCUT2D eigenvalue weighted by atomic mass is 9.94. The molecule has 0 aliphatic heterocycles. The minimum absolute atomic E-state index is 0.0229. The van der Waals surface area contributed by atoms with Crippen LogP contribution in [0, 0.1) is 6.92 Å². The van der Waals surface area contributed by atoms with Crippen LogP contribution in [0.4, 0.5) is 4.79 Å². The van der Waals surface area contributed by atoms with Crippen molar-refractivity contribution in [1.29, 1.82) is 0 Å². The third-order valence-electron chi connectivity index (χ3n) is 6.53. The smallest absolute Gasteiger partial charge is 0.336 e. The number of hydrogen-bond donors (Lipinski definition) is 2. The summed E-state index contributed by atoms with van der Waals surface area (Å²) >= 11 is 0. The molecule has 1 aromatic heterocycles. The first kappa shape index (κ1) is 27.6. The Labute approximate surface area is 214 Å². The predicted molar refractivity (Wildman–Crippen MR) is 138 cm³/mol. The molecule has 1 fully saturated rings. The average Bonchev–Trinajstić information content (AvgIpc) is 2.87. The van der Waals surface area contributed by atoms with E-state index in [0.717, 1.165) is 49.7 Å². The molecule has 8 heteroatoms. The topological polar surface area (TPSA) is 101 Å². The summed E-state index contributed by atoms with van der Waals surface area (Å²) in [4.78, 5) is 30.3. The molecule has 0 spiro atoms. The molecule has 2 aromatic rings. The third-order valence-corrected chi connectivity index (χ3v) is 6.53. The maximum atomic E-state index is 12.8. The third kappa shape index (κ3) is 8.60. The van der Waals surface area contributed by atoms with E-state index >= 15 is 0 Å². The Hall–Kier alpha value is -2.97. The zero-order valence-corrected chi connectivity index (χ0v) is 21.4. The van der Waals surface area contributed by atoms with Crippen molar-refractivity contribution in [3.05, 3.63) is 65.0 Å². The van der Waals surface area contributed by atoms with Gasteiger partial charge in [-0.25, -0.2) is 9.59 Å². The number of nitrogens with one attached hydrogen (secondary N) is 1. The van der Waals surface area contributed by atoms with E-state index < -0.39 is 5.97 Å². The van der Waals surface area contributed by atoms with Crippen LogP contribution in [0.3, 0.4) is 0 Å². The van der Waals surface area contributed by atoms with Crippen molar-refractivity contribution >= 4 is 12.0 Å². The quantitative estimate of drug-likeness (QED) is 0.380. The van der Waals surface area contributed by atoms with Gasteiger partial charge in [0.25, 0.3) is 0 Å². The molecule has 0 radical (unpaired) electrons. The number of unbranched alkanes of at least 4 members (excludes halogenated alkanes) is 1. The Morgan fingerprint density at radius 3 is 2.69 bits per heavy atom. The minimum atomic E-state index is -0.925. The molecule has 196 valence electrons. The molecule has 2 amide bonds. The van der Waals surface area contributed by atoms with Gasteiger partial charge in [0.05, 0.1) is 31.0 Å². The highest BCUT2D eigenvalue weighted by molar-refractivity contribution is 5.91. The summed E-state index contributed by atoms with van der Waals surface area (Å²) in [5, 5.41) is 12.5. The first-order chi connectivity index (χ1) is 17.5. The Morgan fingerprint density at radius 2 is 1.97 bits per heavy atom. The van der Waals surface area contributed by atoms with E-state index in [1.165, 1.54) is 0 Å². The van der Waals surface area contributed by atoms with E-state index in [9.17, 15) is 14.7 Å². The van der Waals surface area contributed by atoms with Crippen molar-refractivity contribution in [2.75, 3.05) is 19.7 Å². The Morgan fingerprint density at radius 1 is 1.17 bits per heavy atom. The summed E-state index contributed by atoms with van der Waals surface area (Å²) in [5.74, 6) is -0.925. The number of urea groups is 1. The summed E-state index contributed by atoms with van der Waals surface area (Å²) in [7, 11) is 0. The summed E-state index contributed by atoms with van der Waals surface area (Å²) in [6.07, 6.45) is 9.20. The van der Waals surface area contributed by atoms with E-state index in [1.807, 2.05) is 24.3 Å². The number of aromatic nitrogens is 1. The fraction of sp³-hybridized carbons (Fsp3) is 0.536. The number of carboxylic acids is 1. The van der Waals surface area contributed by atoms with E-state index in [0.29, 0.717) is 37.4 Å². The van der Waals surface area contributed by atoms with Gasteiger partial charge >= 0.3 is 12.0 Å². The molecule has 0 saturated heterocycles. The monoisotopic (exact) mass is 497 g/mol. The molecule has 36 heavy (non-hydrogen) atoms. The SMILES string of the molecule is CCCCNC(=O)N(CCO[C@H]1CCC[C@@H](OCc2cccc(C)c2C(=O)O)C1)Cc1cccnc1. The lowest BCUT2D eigenvalue weighted by molar-refractivity contribution is -0.0526. The number of pyridine rings is 1. The van der Waals surface area contributed by atoms with Crippen molar-refractivity contribution in [2.45, 2.75) is 77.7 Å². The van der Waals surface area contributed by atoms with Crippen LogP contribution >= 0.6 is 0 Å². The number of aryl methyl sites for hydroxylation is 1. The summed E-state index contributed by atoms with van der Waals surface area (Å²) in [6.45, 7) is 6.25. The first-order valence-electron chi connectivity index (χ1n) is 12.9. The minimum Gasteiger partial charge on any atom is -0.478 e. The number of carbonyl (C=O) groups is 2. The van der Waals surface area contributed by atoms with Crippen molar-refractivity contribution < 1.29 is 24.2 Å². The van der Waals surface area contributed by atoms with E-state index in [1.54, 1.807) is 30.3 Å². The van der Waals surface area contributed by atoms with E-state index in [2.05, 4.69) is 17.2 Å². The molecule has 1 aliphatic rings. The van der Waals surface area contributed by atoms with Gasteiger partial charge in [0.1, 0.15) is 0 Å². The largest absolute Gasteiger partial charge is 0.478 e. The first-order valence-corrected chi connectivity index (χ1v) is 12.9. The standard InChI is InChI=1S/C28H39N3O5/c1-3-4-14-30-28(34)31(19-22-9-7-13-29-18-22)15-16-35-24-11-6-12-25(17-24)36-20-23-10-5-8-21(2)26(23)27(32)33/h5,7-10,13,18,24-25H,3-4,6,11-12,14-17,19-20H2,1-2H3,(H,30,34)(H,32,33)/t24-,25+/m0/s1. The average molecular weight is 498 g/mol. The molecule has 1 aromatic carbocycles. The fourth-order valence-corrected chi connectivity index (χ4v) is 4.55. The van der Waals surface area contributed by atoms with Gasteiger partial charge < -0.3 is 24.8 Å². The summed E-state index contributed by atoms with van der Waals surface area (Å²) < 4.78 is 12.3. The normalized spacial score (nSPS) is 17.5. The van der Waals surface area contributed by atoms with Crippen LogP contribution in [0.15, 0.2) is 42.7 Å². The second-order valence-electron chi connectivity index (χ2n) is 9.37. The molecular formula is C28H39N3O5. The molecule has 1 saturated carbocycles. The molecule has 2 N–H and O–H groups in total. The summed E-state index contributed by atoms with van der Waals surface area (Å²) in [5.41, 5.74) is 2.74. The predicted octanol–water partition coefficient (Wildman–Crippen LogP) is 4.94. The molecule has 1 heterocycles. The van der Waals surface area contributed by atoms with Crippen molar-refractivity contribution in [3.8, 4) is 0 Å². The van der Waals surface area contributed by atoms with Gasteiger partial charge in [-0.05, 0) is 61.8 Å². The second kappa shape index (κ2) is 14.6. The van der Waals surface area contributed by atoms with Crippen LogP contribution in [-0.2, 0) is 22.6 Å². The lowest BCUT2D eigenvalue weighted by Crippen LogP contribution is -2.42. The number of benzene rings is 1. The van der Waals surface area contributed by atoms with Gasteiger partial charge in [-0.3, -0.25) is 4.98 Å². The maximum absolute atomic E-state index is 12.8. The molecule has 2 atom stereocenters. The number of hydrogen-bond acceptors (Lipinski definition) is 5. The Bertz CT molecular complexity index is 969. The highest BCUT2D eigenvalue weighted by atomic mass is 16.5. The highest BCUT2D eigenvalue weighted by Crippen LogP contribution is 2.25. The van der Waals surface area contributed by atoms with Crippen LogP contribution in [0.25, 0.3) is 0 Å². The van der Waals surface area contributed by atoms with Gasteiger partial charge in [0.15, 0.2) is 0 Å². The zero-order valence-electron chi connectivity index (χ0n) is 21.4. The molecule has 0 unspecified atom stereocenters. The molecular weight excluding hydrogens is 458 g/mol. The van der Waals surface area contributed by atoms with Crippen LogP contribution in [0.1, 0.15) is 72.5 Å². The highest BCUT2D eigenvalue weighted by Gasteiger charge is 2.24. The number of nitrogens with zero attached hydrogens (tertiary/aromatic N) is 2. The van der Waals surface area contributed by atoms with Crippen LogP contribution in [0.5, 0.6) is 0 Å². The number of amides is 2. The molecule has 1 aliphatic carbocycles. The second-order valence-corrected chi connectivity index (χ2v) is 9.37. The van der Waals surface area contributed by atoms with Crippen LogP contribution in [0.2, 0.25) is 0 Å². The van der Waals surface area contributed by atoms with Crippen LogP contribution in [-0.4, -0.2) is 58.9 Å². The van der Waals surface area contributed by atoms with Gasteiger partial charge in [-0.2, -0.15) is 0 Å².